The molecule has 0 aromatic heterocycles. The van der Waals surface area contributed by atoms with E-state index in [-0.39, 0.29) is 18.4 Å². The van der Waals surface area contributed by atoms with Crippen LogP contribution in [0.1, 0.15) is 40.5 Å². The zero-order chi connectivity index (χ0) is 19.9. The van der Waals surface area contributed by atoms with E-state index < -0.39 is 5.97 Å². The topological polar surface area (TPSA) is 75.7 Å². The molecule has 1 aliphatic rings. The predicted molar refractivity (Wildman–Crippen MR) is 106 cm³/mol. The summed E-state index contributed by atoms with van der Waals surface area (Å²) < 4.78 is 4.98. The first-order valence-electron chi connectivity index (χ1n) is 9.48. The minimum Gasteiger partial charge on any atom is -0.465 e. The fraction of sp³-hybridized carbons (Fsp3) is 0.318. The zero-order valence-corrected chi connectivity index (χ0v) is 15.9. The second kappa shape index (κ2) is 9.17. The van der Waals surface area contributed by atoms with Crippen molar-refractivity contribution >= 4 is 23.5 Å². The average Bonchev–Trinajstić information content (AvgIpc) is 3.52. The highest BCUT2D eigenvalue weighted by Gasteiger charge is 2.28. The van der Waals surface area contributed by atoms with Gasteiger partial charge in [0.15, 0.2) is 0 Å². The standard InChI is InChI=1S/C22H24N2O4/c1-2-28-20(25)15-24(14-16-8-9-16)22(27)18-10-12-19(13-11-18)23-21(26)17-6-4-3-5-7-17/h3-7,10-13,16H,2,8-9,14-15H2,1H3,(H,23,26). The maximum absolute atomic E-state index is 12.8. The molecule has 0 atom stereocenters. The number of carbonyl (C=O) groups excluding carboxylic acids is 3. The molecule has 28 heavy (non-hydrogen) atoms. The molecule has 0 spiro atoms. The fourth-order valence-corrected chi connectivity index (χ4v) is 2.87. The van der Waals surface area contributed by atoms with E-state index in [2.05, 4.69) is 5.32 Å². The van der Waals surface area contributed by atoms with Gasteiger partial charge in [0.05, 0.1) is 6.61 Å². The third-order valence-corrected chi connectivity index (χ3v) is 4.51. The molecule has 6 heteroatoms. The van der Waals surface area contributed by atoms with Crippen LogP contribution in [0, 0.1) is 5.92 Å². The van der Waals surface area contributed by atoms with E-state index >= 15 is 0 Å². The molecule has 0 bridgehead atoms. The Balaban J connectivity index is 1.65. The van der Waals surface area contributed by atoms with Gasteiger partial charge in [-0.05, 0) is 62.1 Å². The van der Waals surface area contributed by atoms with E-state index in [4.69, 9.17) is 4.74 Å². The first-order valence-corrected chi connectivity index (χ1v) is 9.48. The highest BCUT2D eigenvalue weighted by molar-refractivity contribution is 6.04. The molecule has 0 saturated heterocycles. The zero-order valence-electron chi connectivity index (χ0n) is 15.9. The van der Waals surface area contributed by atoms with E-state index in [0.717, 1.165) is 12.8 Å². The molecule has 1 N–H and O–H groups in total. The van der Waals surface area contributed by atoms with Crippen molar-refractivity contribution < 1.29 is 19.1 Å². The highest BCUT2D eigenvalue weighted by Crippen LogP contribution is 2.30. The lowest BCUT2D eigenvalue weighted by molar-refractivity contribution is -0.143. The minimum atomic E-state index is -0.400. The molecule has 1 aliphatic carbocycles. The summed E-state index contributed by atoms with van der Waals surface area (Å²) in [6, 6.07) is 15.6. The van der Waals surface area contributed by atoms with Crippen LogP contribution < -0.4 is 5.32 Å². The van der Waals surface area contributed by atoms with Crippen molar-refractivity contribution in [2.75, 3.05) is 25.0 Å². The number of nitrogens with zero attached hydrogens (tertiary/aromatic N) is 1. The van der Waals surface area contributed by atoms with Crippen molar-refractivity contribution in [1.82, 2.24) is 4.90 Å². The first kappa shape index (κ1) is 19.6. The van der Waals surface area contributed by atoms with Crippen LogP contribution in [0.5, 0.6) is 0 Å². The van der Waals surface area contributed by atoms with Crippen LogP contribution in [-0.2, 0) is 9.53 Å². The lowest BCUT2D eigenvalue weighted by Gasteiger charge is -2.21. The van der Waals surface area contributed by atoms with E-state index in [1.54, 1.807) is 60.4 Å². The van der Waals surface area contributed by atoms with Gasteiger partial charge in [-0.2, -0.15) is 0 Å². The summed E-state index contributed by atoms with van der Waals surface area (Å²) in [5.74, 6) is -0.357. The number of esters is 1. The van der Waals surface area contributed by atoms with Crippen molar-refractivity contribution in [3.63, 3.8) is 0 Å². The molecule has 0 heterocycles. The van der Waals surface area contributed by atoms with Crippen molar-refractivity contribution in [3.05, 3.63) is 65.7 Å². The predicted octanol–water partition coefficient (Wildman–Crippen LogP) is 3.35. The maximum atomic E-state index is 12.8. The Labute approximate surface area is 164 Å². The van der Waals surface area contributed by atoms with Crippen molar-refractivity contribution in [2.24, 2.45) is 5.92 Å². The number of amides is 2. The van der Waals surface area contributed by atoms with Gasteiger partial charge in [0.1, 0.15) is 6.54 Å². The summed E-state index contributed by atoms with van der Waals surface area (Å²) in [5, 5.41) is 2.81. The van der Waals surface area contributed by atoms with Crippen molar-refractivity contribution in [1.29, 1.82) is 0 Å². The molecule has 0 unspecified atom stereocenters. The van der Waals surface area contributed by atoms with Crippen LogP contribution in [0.25, 0.3) is 0 Å². The number of rotatable bonds is 8. The van der Waals surface area contributed by atoms with E-state index in [0.29, 0.717) is 35.9 Å². The van der Waals surface area contributed by atoms with E-state index in [1.807, 2.05) is 6.07 Å². The summed E-state index contributed by atoms with van der Waals surface area (Å²) in [4.78, 5) is 38.4. The molecule has 2 aromatic rings. The summed E-state index contributed by atoms with van der Waals surface area (Å²) in [6.45, 7) is 2.55. The quantitative estimate of drug-likeness (QED) is 0.713. The second-order valence-corrected chi connectivity index (χ2v) is 6.83. The first-order chi connectivity index (χ1) is 13.6. The molecule has 6 nitrogen and oxygen atoms in total. The van der Waals surface area contributed by atoms with Gasteiger partial charge < -0.3 is 15.0 Å². The van der Waals surface area contributed by atoms with Gasteiger partial charge in [-0.1, -0.05) is 18.2 Å². The monoisotopic (exact) mass is 380 g/mol. The van der Waals surface area contributed by atoms with Gasteiger partial charge in [-0.3, -0.25) is 14.4 Å². The molecular weight excluding hydrogens is 356 g/mol. The Hall–Kier alpha value is -3.15. The van der Waals surface area contributed by atoms with Gasteiger partial charge in [0.2, 0.25) is 0 Å². The van der Waals surface area contributed by atoms with Gasteiger partial charge in [-0.25, -0.2) is 0 Å². The number of ether oxygens (including phenoxy) is 1. The van der Waals surface area contributed by atoms with Crippen LogP contribution >= 0.6 is 0 Å². The molecule has 1 fully saturated rings. The van der Waals surface area contributed by atoms with Crippen LogP contribution in [0.15, 0.2) is 54.6 Å². The Morgan fingerprint density at radius 1 is 1.00 bits per heavy atom. The van der Waals surface area contributed by atoms with Gasteiger partial charge in [0, 0.05) is 23.4 Å². The maximum Gasteiger partial charge on any atom is 0.325 e. The molecule has 2 aromatic carbocycles. The largest absolute Gasteiger partial charge is 0.465 e. The Morgan fingerprint density at radius 3 is 2.29 bits per heavy atom. The molecule has 1 saturated carbocycles. The average molecular weight is 380 g/mol. The molecule has 146 valence electrons. The van der Waals surface area contributed by atoms with Crippen LogP contribution in [-0.4, -0.2) is 42.4 Å². The Morgan fingerprint density at radius 2 is 1.68 bits per heavy atom. The SMILES string of the molecule is CCOC(=O)CN(CC1CC1)C(=O)c1ccc(NC(=O)c2ccccc2)cc1. The number of anilines is 1. The van der Waals surface area contributed by atoms with E-state index in [1.165, 1.54) is 0 Å². The summed E-state index contributed by atoms with van der Waals surface area (Å²) in [5.41, 5.74) is 1.64. The normalized spacial score (nSPS) is 12.9. The molecule has 0 radical (unpaired) electrons. The number of benzene rings is 2. The van der Waals surface area contributed by atoms with Crippen molar-refractivity contribution in [3.8, 4) is 0 Å². The Kier molecular flexibility index (Phi) is 6.42. The third-order valence-electron chi connectivity index (χ3n) is 4.51. The lowest BCUT2D eigenvalue weighted by atomic mass is 10.1. The number of nitrogens with one attached hydrogen (secondary N) is 1. The summed E-state index contributed by atoms with van der Waals surface area (Å²) >= 11 is 0. The third kappa shape index (κ3) is 5.42. The van der Waals surface area contributed by atoms with E-state index in [9.17, 15) is 14.4 Å². The van der Waals surface area contributed by atoms with Crippen LogP contribution in [0.2, 0.25) is 0 Å². The number of hydrogen-bond donors (Lipinski definition) is 1. The van der Waals surface area contributed by atoms with Gasteiger partial charge >= 0.3 is 5.97 Å². The molecular formula is C22H24N2O4. The second-order valence-electron chi connectivity index (χ2n) is 6.83. The number of carbonyl (C=O) groups is 3. The smallest absolute Gasteiger partial charge is 0.325 e. The molecule has 0 aliphatic heterocycles. The molecule has 2 amide bonds. The number of hydrogen-bond acceptors (Lipinski definition) is 4. The fourth-order valence-electron chi connectivity index (χ4n) is 2.87. The van der Waals surface area contributed by atoms with Gasteiger partial charge in [-0.15, -0.1) is 0 Å². The minimum absolute atomic E-state index is 0.0460. The van der Waals surface area contributed by atoms with Gasteiger partial charge in [0.25, 0.3) is 11.8 Å². The lowest BCUT2D eigenvalue weighted by Crippen LogP contribution is -2.38. The summed E-state index contributed by atoms with van der Waals surface area (Å²) in [7, 11) is 0. The van der Waals surface area contributed by atoms with Crippen LogP contribution in [0.4, 0.5) is 5.69 Å². The Bertz CT molecular complexity index is 829. The van der Waals surface area contributed by atoms with Crippen molar-refractivity contribution in [2.45, 2.75) is 19.8 Å². The van der Waals surface area contributed by atoms with Crippen LogP contribution in [0.3, 0.4) is 0 Å². The molecule has 3 rings (SSSR count). The highest BCUT2D eigenvalue weighted by atomic mass is 16.5. The summed E-state index contributed by atoms with van der Waals surface area (Å²) in [6.07, 6.45) is 2.16.